The third-order valence-corrected chi connectivity index (χ3v) is 4.53. The molecule has 0 N–H and O–H groups in total. The van der Waals surface area contributed by atoms with Crippen LogP contribution in [0.3, 0.4) is 0 Å². The van der Waals surface area contributed by atoms with E-state index in [9.17, 15) is 4.79 Å². The van der Waals surface area contributed by atoms with E-state index in [4.69, 9.17) is 9.47 Å². The molecule has 27 heavy (non-hydrogen) atoms. The Hall–Kier alpha value is -1.77. The van der Waals surface area contributed by atoms with Gasteiger partial charge in [0.2, 0.25) is 0 Å². The Kier molecular flexibility index (Phi) is 14.1. The minimum absolute atomic E-state index is 0.153. The first-order valence-corrected chi connectivity index (χ1v) is 10.8. The zero-order valence-corrected chi connectivity index (χ0v) is 17.4. The van der Waals surface area contributed by atoms with Gasteiger partial charge in [-0.15, -0.1) is 0 Å². The number of hydrogen-bond donors (Lipinski definition) is 0. The number of ether oxygens (including phenoxy) is 2. The van der Waals surface area contributed by atoms with Crippen molar-refractivity contribution < 1.29 is 14.3 Å². The van der Waals surface area contributed by atoms with Crippen molar-refractivity contribution in [2.45, 2.75) is 84.5 Å². The number of para-hydroxylation sites is 1. The predicted octanol–water partition coefficient (Wildman–Crippen LogP) is 6.95. The Morgan fingerprint density at radius 3 is 2.37 bits per heavy atom. The largest absolute Gasteiger partial charge is 0.493 e. The second-order valence-corrected chi connectivity index (χ2v) is 6.96. The molecule has 1 aromatic carbocycles. The number of rotatable bonds is 16. The zero-order valence-electron chi connectivity index (χ0n) is 17.4. The maximum Gasteiger partial charge on any atom is 0.305 e. The number of carbonyl (C=O) groups is 1. The van der Waals surface area contributed by atoms with Crippen LogP contribution < -0.4 is 4.74 Å². The summed E-state index contributed by atoms with van der Waals surface area (Å²) in [6, 6.07) is 8.07. The van der Waals surface area contributed by atoms with Crippen LogP contribution in [0.1, 0.15) is 90.0 Å². The summed E-state index contributed by atoms with van der Waals surface area (Å²) < 4.78 is 10.8. The number of hydrogen-bond acceptors (Lipinski definition) is 3. The third-order valence-electron chi connectivity index (χ3n) is 4.53. The van der Waals surface area contributed by atoms with E-state index < -0.39 is 0 Å². The van der Waals surface area contributed by atoms with Crippen LogP contribution in [-0.2, 0) is 9.53 Å². The summed E-state index contributed by atoms with van der Waals surface area (Å²) in [5.41, 5.74) is 1.10. The minimum atomic E-state index is -0.153. The van der Waals surface area contributed by atoms with Gasteiger partial charge in [0.1, 0.15) is 5.75 Å². The van der Waals surface area contributed by atoms with Crippen molar-refractivity contribution in [1.29, 1.82) is 0 Å². The van der Waals surface area contributed by atoms with Crippen LogP contribution >= 0.6 is 0 Å². The van der Waals surface area contributed by atoms with Gasteiger partial charge >= 0.3 is 5.97 Å². The van der Waals surface area contributed by atoms with Crippen molar-refractivity contribution >= 4 is 12.0 Å². The SMILES string of the molecule is CCCCCCCCCCC=Cc1ccccc1OCCCC(=O)OCC. The molecule has 0 saturated carbocycles. The quantitative estimate of drug-likeness (QED) is 0.232. The first kappa shape index (κ1) is 23.3. The molecule has 152 valence electrons. The van der Waals surface area contributed by atoms with E-state index >= 15 is 0 Å². The van der Waals surface area contributed by atoms with E-state index in [0.29, 0.717) is 26.1 Å². The summed E-state index contributed by atoms with van der Waals surface area (Å²) in [7, 11) is 0. The smallest absolute Gasteiger partial charge is 0.305 e. The standard InChI is InChI=1S/C24H38O3/c1-3-5-6-7-8-9-10-11-12-13-17-22-18-14-15-19-23(22)27-21-16-20-24(25)26-4-2/h13-15,17-19H,3-12,16,20-21H2,1-2H3. The van der Waals surface area contributed by atoms with Gasteiger partial charge in [-0.3, -0.25) is 4.79 Å². The fourth-order valence-corrected chi connectivity index (χ4v) is 2.99. The second-order valence-electron chi connectivity index (χ2n) is 6.96. The molecule has 0 unspecified atom stereocenters. The molecule has 3 heteroatoms. The molecule has 0 saturated heterocycles. The number of carbonyl (C=O) groups excluding carboxylic acids is 1. The molecule has 0 aliphatic carbocycles. The fraction of sp³-hybridized carbons (Fsp3) is 0.625. The summed E-state index contributed by atoms with van der Waals surface area (Å²) in [6.45, 7) is 5.05. The molecular weight excluding hydrogens is 336 g/mol. The number of esters is 1. The normalized spacial score (nSPS) is 11.0. The van der Waals surface area contributed by atoms with Crippen LogP contribution in [0.2, 0.25) is 0 Å². The van der Waals surface area contributed by atoms with Gasteiger partial charge in [0.05, 0.1) is 13.2 Å². The molecule has 3 nitrogen and oxygen atoms in total. The van der Waals surface area contributed by atoms with Crippen LogP contribution in [0.5, 0.6) is 5.75 Å². The van der Waals surface area contributed by atoms with Gasteiger partial charge in [-0.1, -0.05) is 82.2 Å². The molecular formula is C24H38O3. The Bertz CT molecular complexity index is 522. The average Bonchev–Trinajstić information content (AvgIpc) is 2.68. The van der Waals surface area contributed by atoms with Gasteiger partial charge < -0.3 is 9.47 Å². The summed E-state index contributed by atoms with van der Waals surface area (Å²) in [4.78, 5) is 11.3. The monoisotopic (exact) mass is 374 g/mol. The molecule has 0 aliphatic rings. The molecule has 0 bridgehead atoms. The van der Waals surface area contributed by atoms with E-state index in [0.717, 1.165) is 17.7 Å². The van der Waals surface area contributed by atoms with Crippen LogP contribution in [0.4, 0.5) is 0 Å². The Morgan fingerprint density at radius 2 is 1.63 bits per heavy atom. The minimum Gasteiger partial charge on any atom is -0.493 e. The van der Waals surface area contributed by atoms with Crippen LogP contribution in [0.25, 0.3) is 6.08 Å². The Morgan fingerprint density at radius 1 is 0.926 bits per heavy atom. The van der Waals surface area contributed by atoms with Gasteiger partial charge in [-0.2, -0.15) is 0 Å². The topological polar surface area (TPSA) is 35.5 Å². The van der Waals surface area contributed by atoms with E-state index in [1.165, 1.54) is 51.4 Å². The molecule has 0 fully saturated rings. The van der Waals surface area contributed by atoms with E-state index in [1.807, 2.05) is 25.1 Å². The van der Waals surface area contributed by atoms with Crippen LogP contribution in [0, 0.1) is 0 Å². The van der Waals surface area contributed by atoms with Gasteiger partial charge in [0.15, 0.2) is 0 Å². The lowest BCUT2D eigenvalue weighted by molar-refractivity contribution is -0.143. The molecule has 1 rings (SSSR count). The van der Waals surface area contributed by atoms with Crippen molar-refractivity contribution in [3.05, 3.63) is 35.9 Å². The molecule has 0 aliphatic heterocycles. The molecule has 0 amide bonds. The maximum absolute atomic E-state index is 11.3. The highest BCUT2D eigenvalue weighted by molar-refractivity contribution is 5.69. The van der Waals surface area contributed by atoms with E-state index in [1.54, 1.807) is 0 Å². The summed E-state index contributed by atoms with van der Waals surface area (Å²) in [5.74, 6) is 0.730. The number of benzene rings is 1. The fourth-order valence-electron chi connectivity index (χ4n) is 2.99. The van der Waals surface area contributed by atoms with Gasteiger partial charge in [-0.25, -0.2) is 0 Å². The first-order chi connectivity index (χ1) is 13.3. The van der Waals surface area contributed by atoms with Crippen molar-refractivity contribution in [3.8, 4) is 5.75 Å². The zero-order chi connectivity index (χ0) is 19.6. The third kappa shape index (κ3) is 12.3. The highest BCUT2D eigenvalue weighted by Crippen LogP contribution is 2.20. The number of unbranched alkanes of at least 4 members (excludes halogenated alkanes) is 8. The van der Waals surface area contributed by atoms with Crippen LogP contribution in [-0.4, -0.2) is 19.2 Å². The highest BCUT2D eigenvalue weighted by Gasteiger charge is 2.03. The molecule has 0 radical (unpaired) electrons. The predicted molar refractivity (Wildman–Crippen MR) is 114 cm³/mol. The second kappa shape index (κ2) is 16.4. The molecule has 1 aromatic rings. The van der Waals surface area contributed by atoms with Gasteiger partial charge in [0, 0.05) is 12.0 Å². The van der Waals surface area contributed by atoms with Gasteiger partial charge in [-0.05, 0) is 32.3 Å². The van der Waals surface area contributed by atoms with Crippen molar-refractivity contribution in [2.75, 3.05) is 13.2 Å². The Labute approximate surface area is 166 Å². The van der Waals surface area contributed by atoms with Crippen molar-refractivity contribution in [2.24, 2.45) is 0 Å². The molecule has 0 aromatic heterocycles. The molecule has 0 spiro atoms. The molecule has 0 atom stereocenters. The first-order valence-electron chi connectivity index (χ1n) is 10.8. The summed E-state index contributed by atoms with van der Waals surface area (Å²) >= 11 is 0. The maximum atomic E-state index is 11.3. The van der Waals surface area contributed by atoms with Crippen molar-refractivity contribution in [1.82, 2.24) is 0 Å². The Balaban J connectivity index is 2.21. The lowest BCUT2D eigenvalue weighted by Gasteiger charge is -2.09. The molecule has 0 heterocycles. The lowest BCUT2D eigenvalue weighted by atomic mass is 10.1. The van der Waals surface area contributed by atoms with E-state index in [2.05, 4.69) is 25.1 Å². The highest BCUT2D eigenvalue weighted by atomic mass is 16.5. The average molecular weight is 375 g/mol. The summed E-state index contributed by atoms with van der Waals surface area (Å²) in [6.07, 6.45) is 17.4. The lowest BCUT2D eigenvalue weighted by Crippen LogP contribution is -2.07. The van der Waals surface area contributed by atoms with Crippen LogP contribution in [0.15, 0.2) is 30.3 Å². The van der Waals surface area contributed by atoms with Crippen molar-refractivity contribution in [3.63, 3.8) is 0 Å². The van der Waals surface area contributed by atoms with Gasteiger partial charge in [0.25, 0.3) is 0 Å². The van der Waals surface area contributed by atoms with E-state index in [-0.39, 0.29) is 5.97 Å². The number of allylic oxidation sites excluding steroid dienone is 1. The summed E-state index contributed by atoms with van der Waals surface area (Å²) in [5, 5.41) is 0.